The van der Waals surface area contributed by atoms with Gasteiger partial charge in [0.2, 0.25) is 0 Å². The van der Waals surface area contributed by atoms with Gasteiger partial charge in [0, 0.05) is 16.7 Å². The molecule has 0 saturated heterocycles. The molecule has 1 nitrogen and oxygen atoms in total. The van der Waals surface area contributed by atoms with Crippen LogP contribution in [0.2, 0.25) is 0 Å². The van der Waals surface area contributed by atoms with Crippen molar-refractivity contribution in [1.82, 2.24) is 5.32 Å². The van der Waals surface area contributed by atoms with Crippen LogP contribution in [0, 0.1) is 6.92 Å². The summed E-state index contributed by atoms with van der Waals surface area (Å²) >= 11 is 3.90. The second-order valence-corrected chi connectivity index (χ2v) is 5.94. The smallest absolute Gasteiger partial charge is 0.0420 e. The van der Waals surface area contributed by atoms with E-state index in [4.69, 9.17) is 0 Å². The number of nitrogens with one attached hydrogen (secondary N) is 1. The number of hydrogen-bond acceptors (Lipinski definition) is 3. The molecule has 86 valence electrons. The highest BCUT2D eigenvalue weighted by Crippen LogP contribution is 2.23. The van der Waals surface area contributed by atoms with Crippen LogP contribution in [0.25, 0.3) is 0 Å². The van der Waals surface area contributed by atoms with E-state index >= 15 is 0 Å². The molecule has 0 fully saturated rings. The predicted octanol–water partition coefficient (Wildman–Crippen LogP) is 3.85. The highest BCUT2D eigenvalue weighted by atomic mass is 32.2. The van der Waals surface area contributed by atoms with Crippen LogP contribution < -0.4 is 5.32 Å². The highest BCUT2D eigenvalue weighted by molar-refractivity contribution is 7.99. The van der Waals surface area contributed by atoms with Gasteiger partial charge < -0.3 is 5.32 Å². The van der Waals surface area contributed by atoms with Crippen LogP contribution in [0.3, 0.4) is 0 Å². The Kier molecular flexibility index (Phi) is 6.37. The molecule has 1 N–H and O–H groups in total. The van der Waals surface area contributed by atoms with Gasteiger partial charge in [-0.2, -0.15) is 11.8 Å². The Morgan fingerprint density at radius 3 is 2.80 bits per heavy atom. The summed E-state index contributed by atoms with van der Waals surface area (Å²) in [5, 5.41) is 5.84. The molecule has 15 heavy (non-hydrogen) atoms. The first-order chi connectivity index (χ1) is 7.27. The first-order valence-electron chi connectivity index (χ1n) is 5.64. The van der Waals surface area contributed by atoms with E-state index in [1.807, 2.05) is 23.1 Å². The fraction of sp³-hybridized carbons (Fsp3) is 0.667. The van der Waals surface area contributed by atoms with Crippen molar-refractivity contribution in [2.24, 2.45) is 0 Å². The molecule has 0 saturated carbocycles. The van der Waals surface area contributed by atoms with E-state index < -0.39 is 0 Å². The lowest BCUT2D eigenvalue weighted by Crippen LogP contribution is -2.22. The molecule has 1 aromatic heterocycles. The summed E-state index contributed by atoms with van der Waals surface area (Å²) in [6.07, 6.45) is 1.27. The third-order valence-corrected chi connectivity index (χ3v) is 4.38. The van der Waals surface area contributed by atoms with Crippen molar-refractivity contribution in [2.75, 3.05) is 18.1 Å². The van der Waals surface area contributed by atoms with Gasteiger partial charge in [-0.15, -0.1) is 11.3 Å². The fourth-order valence-corrected chi connectivity index (χ4v) is 3.27. The lowest BCUT2D eigenvalue weighted by atomic mass is 10.2. The maximum Gasteiger partial charge on any atom is 0.0420 e. The van der Waals surface area contributed by atoms with E-state index in [1.165, 1.54) is 28.4 Å². The topological polar surface area (TPSA) is 12.0 Å². The van der Waals surface area contributed by atoms with Gasteiger partial charge in [0.15, 0.2) is 0 Å². The van der Waals surface area contributed by atoms with E-state index in [-0.39, 0.29) is 0 Å². The number of thiophene rings is 1. The molecule has 0 aliphatic carbocycles. The molecule has 3 heteroatoms. The van der Waals surface area contributed by atoms with Gasteiger partial charge in [0.1, 0.15) is 0 Å². The van der Waals surface area contributed by atoms with E-state index in [2.05, 4.69) is 37.5 Å². The molecule has 0 bridgehead atoms. The standard InChI is InChI=1S/C12H21NS2/c1-4-6-14-9-12(13-5-2)11-7-10(3)15-8-11/h7-8,12-13H,4-6,9H2,1-3H3. The zero-order chi connectivity index (χ0) is 11.1. The average molecular weight is 243 g/mol. The zero-order valence-electron chi connectivity index (χ0n) is 9.88. The van der Waals surface area contributed by atoms with Crippen molar-refractivity contribution in [2.45, 2.75) is 33.2 Å². The summed E-state index contributed by atoms with van der Waals surface area (Å²) in [5.41, 5.74) is 1.46. The third-order valence-electron chi connectivity index (χ3n) is 2.24. The highest BCUT2D eigenvalue weighted by Gasteiger charge is 2.11. The zero-order valence-corrected chi connectivity index (χ0v) is 11.5. The van der Waals surface area contributed by atoms with Gasteiger partial charge in [-0.25, -0.2) is 0 Å². The van der Waals surface area contributed by atoms with E-state index in [0.717, 1.165) is 6.54 Å². The summed E-state index contributed by atoms with van der Waals surface area (Å²) in [6, 6.07) is 2.85. The van der Waals surface area contributed by atoms with Crippen LogP contribution in [-0.4, -0.2) is 18.1 Å². The van der Waals surface area contributed by atoms with Crippen LogP contribution in [-0.2, 0) is 0 Å². The Bertz CT molecular complexity index is 270. The van der Waals surface area contributed by atoms with Gasteiger partial charge in [-0.05, 0) is 42.7 Å². The average Bonchev–Trinajstić information content (AvgIpc) is 2.64. The molecule has 1 rings (SSSR count). The van der Waals surface area contributed by atoms with E-state index in [0.29, 0.717) is 6.04 Å². The van der Waals surface area contributed by atoms with Crippen molar-refractivity contribution < 1.29 is 0 Å². The molecule has 0 aliphatic rings. The summed E-state index contributed by atoms with van der Waals surface area (Å²) in [4.78, 5) is 1.41. The van der Waals surface area contributed by atoms with E-state index in [9.17, 15) is 0 Å². The Morgan fingerprint density at radius 2 is 2.27 bits per heavy atom. The lowest BCUT2D eigenvalue weighted by molar-refractivity contribution is 0.607. The molecule has 0 radical (unpaired) electrons. The third kappa shape index (κ3) is 4.58. The van der Waals surface area contributed by atoms with Gasteiger partial charge >= 0.3 is 0 Å². The number of thioether (sulfide) groups is 1. The quantitative estimate of drug-likeness (QED) is 0.730. The largest absolute Gasteiger partial charge is 0.309 e. The SMILES string of the molecule is CCCSCC(NCC)c1csc(C)c1. The lowest BCUT2D eigenvalue weighted by Gasteiger charge is -2.16. The van der Waals surface area contributed by atoms with Crippen LogP contribution >= 0.6 is 23.1 Å². The Hall–Kier alpha value is 0.0100. The number of hydrogen-bond donors (Lipinski definition) is 1. The first kappa shape index (κ1) is 13.1. The van der Waals surface area contributed by atoms with Crippen LogP contribution in [0.4, 0.5) is 0 Å². The molecule has 1 atom stereocenters. The monoisotopic (exact) mass is 243 g/mol. The Balaban J connectivity index is 2.49. The van der Waals surface area contributed by atoms with Crippen molar-refractivity contribution in [3.63, 3.8) is 0 Å². The Labute approximate surface area is 102 Å². The molecule has 0 amide bonds. The van der Waals surface area contributed by atoms with Crippen molar-refractivity contribution >= 4 is 23.1 Å². The van der Waals surface area contributed by atoms with Crippen molar-refractivity contribution in [3.05, 3.63) is 21.9 Å². The normalized spacial score (nSPS) is 13.0. The Morgan fingerprint density at radius 1 is 1.47 bits per heavy atom. The number of aryl methyl sites for hydroxylation is 1. The van der Waals surface area contributed by atoms with Gasteiger partial charge in [-0.1, -0.05) is 13.8 Å². The first-order valence-corrected chi connectivity index (χ1v) is 7.67. The maximum absolute atomic E-state index is 3.56. The molecule has 0 aliphatic heterocycles. The van der Waals surface area contributed by atoms with Gasteiger partial charge in [0.05, 0.1) is 0 Å². The van der Waals surface area contributed by atoms with Crippen LogP contribution in [0.15, 0.2) is 11.4 Å². The van der Waals surface area contributed by atoms with Crippen LogP contribution in [0.5, 0.6) is 0 Å². The summed E-state index contributed by atoms with van der Waals surface area (Å²) in [5.74, 6) is 2.46. The molecule has 0 aromatic carbocycles. The molecular weight excluding hydrogens is 222 g/mol. The molecule has 0 spiro atoms. The summed E-state index contributed by atoms with van der Waals surface area (Å²) < 4.78 is 0. The minimum Gasteiger partial charge on any atom is -0.309 e. The molecule has 1 unspecified atom stereocenters. The van der Waals surface area contributed by atoms with Crippen molar-refractivity contribution in [1.29, 1.82) is 0 Å². The van der Waals surface area contributed by atoms with Crippen LogP contribution in [0.1, 0.15) is 36.8 Å². The second-order valence-electron chi connectivity index (χ2n) is 3.68. The second kappa shape index (κ2) is 7.31. The fourth-order valence-electron chi connectivity index (χ4n) is 1.51. The van der Waals surface area contributed by atoms with E-state index in [1.54, 1.807) is 0 Å². The number of rotatable bonds is 7. The predicted molar refractivity (Wildman–Crippen MR) is 73.1 cm³/mol. The minimum atomic E-state index is 0.538. The molecule has 1 heterocycles. The summed E-state index contributed by atoms with van der Waals surface area (Å²) in [6.45, 7) is 7.64. The molecular formula is C12H21NS2. The maximum atomic E-state index is 3.56. The molecule has 1 aromatic rings. The van der Waals surface area contributed by atoms with Gasteiger partial charge in [-0.3, -0.25) is 0 Å². The van der Waals surface area contributed by atoms with Crippen molar-refractivity contribution in [3.8, 4) is 0 Å². The van der Waals surface area contributed by atoms with Gasteiger partial charge in [0.25, 0.3) is 0 Å². The minimum absolute atomic E-state index is 0.538. The summed E-state index contributed by atoms with van der Waals surface area (Å²) in [7, 11) is 0.